The van der Waals surface area contributed by atoms with Gasteiger partial charge in [-0.2, -0.15) is 0 Å². The summed E-state index contributed by atoms with van der Waals surface area (Å²) in [7, 11) is 0. The lowest BCUT2D eigenvalue weighted by Gasteiger charge is -2.40. The molecule has 3 N–H and O–H groups in total. The van der Waals surface area contributed by atoms with E-state index in [1.54, 1.807) is 0 Å². The first kappa shape index (κ1) is 19.5. The molecule has 0 amide bonds. The predicted molar refractivity (Wildman–Crippen MR) is 111 cm³/mol. The number of aromatic hydroxyl groups is 1. The third-order valence-electron chi connectivity index (χ3n) is 6.74. The molecule has 146 valence electrons. The van der Waals surface area contributed by atoms with Gasteiger partial charge in [-0.3, -0.25) is 0 Å². The summed E-state index contributed by atoms with van der Waals surface area (Å²) in [5, 5.41) is 11.0. The molecule has 3 heteroatoms. The topological polar surface area (TPSA) is 49.5 Å². The summed E-state index contributed by atoms with van der Waals surface area (Å²) < 4.78 is 0. The van der Waals surface area contributed by atoms with Crippen LogP contribution in [0.2, 0.25) is 0 Å². The first-order valence-corrected chi connectivity index (χ1v) is 10.8. The molecular weight excluding hydrogens is 320 g/mol. The van der Waals surface area contributed by atoms with Crippen molar-refractivity contribution in [3.8, 4) is 5.75 Å². The van der Waals surface area contributed by atoms with Crippen molar-refractivity contribution in [2.75, 3.05) is 18.0 Å². The molecular formula is C23H38N2O. The molecule has 0 radical (unpaired) electrons. The smallest absolute Gasteiger partial charge is 0.121 e. The maximum Gasteiger partial charge on any atom is 0.121 e. The minimum atomic E-state index is 0.107. The van der Waals surface area contributed by atoms with Gasteiger partial charge < -0.3 is 15.7 Å². The van der Waals surface area contributed by atoms with E-state index in [2.05, 4.69) is 37.8 Å². The van der Waals surface area contributed by atoms with Crippen LogP contribution in [0.1, 0.15) is 95.6 Å². The molecule has 0 saturated carbocycles. The Morgan fingerprint density at radius 1 is 1.23 bits per heavy atom. The Bertz CT molecular complexity index is 610. The van der Waals surface area contributed by atoms with E-state index in [1.165, 1.54) is 61.8 Å². The number of fused-ring (bicyclic) bond motifs is 3. The van der Waals surface area contributed by atoms with Gasteiger partial charge in [-0.05, 0) is 67.7 Å². The Balaban J connectivity index is 1.90. The van der Waals surface area contributed by atoms with Gasteiger partial charge in [-0.15, -0.1) is 0 Å². The standard InChI is InChI=1S/C23H38N2O/c1-4-5-6-7-11-23(2,3)18-15-20-22(21(26)16-18)17(10-12-24)14-19-9-8-13-25(19)20/h15-17,19,26H,4-14,24H2,1-3H3. The average molecular weight is 359 g/mol. The summed E-state index contributed by atoms with van der Waals surface area (Å²) in [4.78, 5) is 2.57. The summed E-state index contributed by atoms with van der Waals surface area (Å²) in [6.07, 6.45) is 11.0. The highest BCUT2D eigenvalue weighted by molar-refractivity contribution is 5.66. The van der Waals surface area contributed by atoms with E-state index >= 15 is 0 Å². The van der Waals surface area contributed by atoms with Gasteiger partial charge in [0, 0.05) is 23.8 Å². The number of rotatable bonds is 8. The first-order valence-electron chi connectivity index (χ1n) is 10.8. The number of phenols is 1. The molecule has 1 aromatic carbocycles. The zero-order valence-corrected chi connectivity index (χ0v) is 17.1. The monoisotopic (exact) mass is 358 g/mol. The number of anilines is 1. The van der Waals surface area contributed by atoms with Crippen molar-refractivity contribution in [2.45, 2.75) is 95.9 Å². The van der Waals surface area contributed by atoms with E-state index in [1.807, 2.05) is 0 Å². The fourth-order valence-corrected chi connectivity index (χ4v) is 5.12. The molecule has 0 aromatic heterocycles. The molecule has 1 fully saturated rings. The average Bonchev–Trinajstić information content (AvgIpc) is 3.07. The highest BCUT2D eigenvalue weighted by atomic mass is 16.3. The summed E-state index contributed by atoms with van der Waals surface area (Å²) in [5.74, 6) is 0.916. The normalized spacial score (nSPS) is 22.4. The van der Waals surface area contributed by atoms with Gasteiger partial charge >= 0.3 is 0 Å². The zero-order chi connectivity index (χ0) is 18.7. The zero-order valence-electron chi connectivity index (χ0n) is 17.1. The van der Waals surface area contributed by atoms with Crippen LogP contribution in [0.25, 0.3) is 0 Å². The Hall–Kier alpha value is -1.22. The van der Waals surface area contributed by atoms with E-state index in [4.69, 9.17) is 5.73 Å². The van der Waals surface area contributed by atoms with Gasteiger partial charge in [0.2, 0.25) is 0 Å². The lowest BCUT2D eigenvalue weighted by Crippen LogP contribution is -2.36. The molecule has 3 rings (SSSR count). The second kappa shape index (κ2) is 8.21. The molecule has 0 bridgehead atoms. The summed E-state index contributed by atoms with van der Waals surface area (Å²) >= 11 is 0. The Kier molecular flexibility index (Phi) is 6.17. The van der Waals surface area contributed by atoms with Crippen molar-refractivity contribution in [2.24, 2.45) is 5.73 Å². The first-order chi connectivity index (χ1) is 12.5. The highest BCUT2D eigenvalue weighted by Crippen LogP contribution is 2.49. The number of phenolic OH excluding ortho intramolecular Hbond substituents is 1. The molecule has 2 aliphatic rings. The van der Waals surface area contributed by atoms with Gasteiger partial charge in [0.1, 0.15) is 5.75 Å². The SMILES string of the molecule is CCCCCCC(C)(C)c1cc(O)c2c(c1)N1CCCC1CC2CCN. The number of hydrogen-bond donors (Lipinski definition) is 2. The predicted octanol–water partition coefficient (Wildman–Crippen LogP) is 5.45. The van der Waals surface area contributed by atoms with Crippen molar-refractivity contribution in [3.05, 3.63) is 23.3 Å². The fourth-order valence-electron chi connectivity index (χ4n) is 5.12. The third kappa shape index (κ3) is 3.88. The molecule has 0 spiro atoms. The van der Waals surface area contributed by atoms with Crippen molar-refractivity contribution in [1.82, 2.24) is 0 Å². The van der Waals surface area contributed by atoms with Crippen LogP contribution in [0.3, 0.4) is 0 Å². The van der Waals surface area contributed by atoms with E-state index < -0.39 is 0 Å². The maximum absolute atomic E-state index is 11.0. The van der Waals surface area contributed by atoms with Crippen LogP contribution in [0.4, 0.5) is 5.69 Å². The summed E-state index contributed by atoms with van der Waals surface area (Å²) in [6, 6.07) is 5.09. The van der Waals surface area contributed by atoms with Gasteiger partial charge in [-0.25, -0.2) is 0 Å². The van der Waals surface area contributed by atoms with Gasteiger partial charge in [0.25, 0.3) is 0 Å². The second-order valence-corrected chi connectivity index (χ2v) is 9.12. The minimum Gasteiger partial charge on any atom is -0.508 e. The number of benzene rings is 1. The number of unbranched alkanes of at least 4 members (excludes halogenated alkanes) is 3. The Morgan fingerprint density at radius 3 is 2.77 bits per heavy atom. The van der Waals surface area contributed by atoms with Crippen molar-refractivity contribution in [1.29, 1.82) is 0 Å². The van der Waals surface area contributed by atoms with Crippen molar-refractivity contribution < 1.29 is 5.11 Å². The molecule has 3 nitrogen and oxygen atoms in total. The number of nitrogens with two attached hydrogens (primary N) is 1. The highest BCUT2D eigenvalue weighted by Gasteiger charge is 2.37. The molecule has 1 aromatic rings. The summed E-state index contributed by atoms with van der Waals surface area (Å²) in [5.41, 5.74) is 9.76. The van der Waals surface area contributed by atoms with Crippen LogP contribution >= 0.6 is 0 Å². The third-order valence-corrected chi connectivity index (χ3v) is 6.74. The molecule has 2 aliphatic heterocycles. The van der Waals surface area contributed by atoms with Crippen molar-refractivity contribution >= 4 is 5.69 Å². The molecule has 26 heavy (non-hydrogen) atoms. The summed E-state index contributed by atoms with van der Waals surface area (Å²) in [6.45, 7) is 8.76. The lowest BCUT2D eigenvalue weighted by molar-refractivity contribution is 0.417. The fraction of sp³-hybridized carbons (Fsp3) is 0.739. The van der Waals surface area contributed by atoms with Crippen LogP contribution < -0.4 is 10.6 Å². The van der Waals surface area contributed by atoms with Crippen molar-refractivity contribution in [3.63, 3.8) is 0 Å². The van der Waals surface area contributed by atoms with E-state index in [9.17, 15) is 5.11 Å². The lowest BCUT2D eigenvalue weighted by atomic mass is 9.76. The Labute approximate surface area is 160 Å². The molecule has 1 saturated heterocycles. The van der Waals surface area contributed by atoms with Crippen LogP contribution in [0, 0.1) is 0 Å². The second-order valence-electron chi connectivity index (χ2n) is 9.12. The Morgan fingerprint density at radius 2 is 2.04 bits per heavy atom. The van der Waals surface area contributed by atoms with Crippen LogP contribution in [-0.2, 0) is 5.41 Å². The number of nitrogens with zero attached hydrogens (tertiary/aromatic N) is 1. The molecule has 2 heterocycles. The van der Waals surface area contributed by atoms with E-state index in [0.717, 1.165) is 19.4 Å². The number of hydrogen-bond acceptors (Lipinski definition) is 3. The van der Waals surface area contributed by atoms with Gasteiger partial charge in [0.05, 0.1) is 0 Å². The quantitative estimate of drug-likeness (QED) is 0.608. The van der Waals surface area contributed by atoms with Crippen LogP contribution in [0.15, 0.2) is 12.1 Å². The molecule has 0 aliphatic carbocycles. The van der Waals surface area contributed by atoms with Crippen LogP contribution in [0.5, 0.6) is 5.75 Å². The molecule has 2 unspecified atom stereocenters. The van der Waals surface area contributed by atoms with E-state index in [-0.39, 0.29) is 5.41 Å². The van der Waals surface area contributed by atoms with Crippen LogP contribution in [-0.4, -0.2) is 24.2 Å². The van der Waals surface area contributed by atoms with E-state index in [0.29, 0.717) is 24.3 Å². The molecule has 2 atom stereocenters. The van der Waals surface area contributed by atoms with Gasteiger partial charge in [-0.1, -0.05) is 46.5 Å². The van der Waals surface area contributed by atoms with Gasteiger partial charge in [0.15, 0.2) is 0 Å². The minimum absolute atomic E-state index is 0.107. The maximum atomic E-state index is 11.0. The largest absolute Gasteiger partial charge is 0.508 e.